The summed E-state index contributed by atoms with van der Waals surface area (Å²) in [7, 11) is -3.75. The first-order valence-corrected chi connectivity index (χ1v) is 13.4. The SMILES string of the molecule is CC[C@@H](C)NC(=O)[C@H](C)N(Cc1ccccc1C)C(=O)CN(c1ccc(C)cc1C)S(C)(=O)=O. The van der Waals surface area contributed by atoms with Crippen molar-refractivity contribution in [1.29, 1.82) is 0 Å². The van der Waals surface area contributed by atoms with E-state index in [0.717, 1.165) is 39.2 Å². The number of rotatable bonds is 10. The lowest BCUT2D eigenvalue weighted by Crippen LogP contribution is -2.52. The van der Waals surface area contributed by atoms with Crippen molar-refractivity contribution >= 4 is 27.5 Å². The largest absolute Gasteiger partial charge is 0.352 e. The summed E-state index contributed by atoms with van der Waals surface area (Å²) in [4.78, 5) is 28.0. The van der Waals surface area contributed by atoms with Crippen molar-refractivity contribution in [2.45, 2.75) is 66.6 Å². The number of benzene rings is 2. The van der Waals surface area contributed by atoms with Gasteiger partial charge in [0, 0.05) is 12.6 Å². The van der Waals surface area contributed by atoms with Gasteiger partial charge in [-0.15, -0.1) is 0 Å². The predicted molar refractivity (Wildman–Crippen MR) is 137 cm³/mol. The Kier molecular flexibility index (Phi) is 9.27. The van der Waals surface area contributed by atoms with Crippen molar-refractivity contribution in [2.75, 3.05) is 17.1 Å². The van der Waals surface area contributed by atoms with E-state index in [2.05, 4.69) is 5.32 Å². The molecule has 0 aromatic heterocycles. The lowest BCUT2D eigenvalue weighted by atomic mass is 10.1. The van der Waals surface area contributed by atoms with Crippen LogP contribution in [0.25, 0.3) is 0 Å². The Balaban J connectivity index is 2.43. The molecule has 0 fully saturated rings. The molecule has 0 bridgehead atoms. The standard InChI is InChI=1S/C26H37N3O4S/c1-8-21(5)27-26(31)22(6)28(16-23-12-10-9-11-19(23)3)25(30)17-29(34(7,32)33)24-14-13-18(2)15-20(24)4/h9-15,21-22H,8,16-17H2,1-7H3,(H,27,31)/t21-,22+/m1/s1. The average molecular weight is 488 g/mol. The van der Waals surface area contributed by atoms with Gasteiger partial charge in [0.15, 0.2) is 0 Å². The zero-order valence-corrected chi connectivity index (χ0v) is 22.1. The number of aryl methyl sites for hydroxylation is 3. The molecule has 0 aliphatic rings. The predicted octanol–water partition coefficient (Wildman–Crippen LogP) is 3.71. The second-order valence-corrected chi connectivity index (χ2v) is 10.9. The number of amides is 2. The van der Waals surface area contributed by atoms with Crippen LogP contribution in [0.2, 0.25) is 0 Å². The Hall–Kier alpha value is -2.87. The fraction of sp³-hybridized carbons (Fsp3) is 0.462. The topological polar surface area (TPSA) is 86.8 Å². The number of sulfonamides is 1. The zero-order valence-electron chi connectivity index (χ0n) is 21.3. The highest BCUT2D eigenvalue weighted by atomic mass is 32.2. The van der Waals surface area contributed by atoms with Crippen molar-refractivity contribution < 1.29 is 18.0 Å². The van der Waals surface area contributed by atoms with Gasteiger partial charge in [-0.05, 0) is 63.8 Å². The summed E-state index contributed by atoms with van der Waals surface area (Å²) in [5.41, 5.74) is 4.10. The number of hydrogen-bond donors (Lipinski definition) is 1. The number of nitrogens with one attached hydrogen (secondary N) is 1. The van der Waals surface area contributed by atoms with Crippen LogP contribution in [0.4, 0.5) is 5.69 Å². The second kappa shape index (κ2) is 11.5. The Labute approximate surface area is 204 Å². The van der Waals surface area contributed by atoms with Crippen LogP contribution < -0.4 is 9.62 Å². The molecule has 2 atom stereocenters. The highest BCUT2D eigenvalue weighted by Crippen LogP contribution is 2.24. The van der Waals surface area contributed by atoms with Gasteiger partial charge < -0.3 is 10.2 Å². The Morgan fingerprint density at radius 2 is 1.65 bits per heavy atom. The molecule has 34 heavy (non-hydrogen) atoms. The Morgan fingerprint density at radius 3 is 2.21 bits per heavy atom. The van der Waals surface area contributed by atoms with Crippen LogP contribution in [0.3, 0.4) is 0 Å². The average Bonchev–Trinajstić information content (AvgIpc) is 2.76. The van der Waals surface area contributed by atoms with Gasteiger partial charge in [-0.3, -0.25) is 13.9 Å². The van der Waals surface area contributed by atoms with Crippen molar-refractivity contribution in [3.8, 4) is 0 Å². The van der Waals surface area contributed by atoms with Crippen LogP contribution in [0.1, 0.15) is 49.4 Å². The molecule has 2 aromatic carbocycles. The van der Waals surface area contributed by atoms with Gasteiger partial charge in [-0.25, -0.2) is 8.42 Å². The first kappa shape index (κ1) is 27.4. The fourth-order valence-electron chi connectivity index (χ4n) is 3.70. The molecule has 0 radical (unpaired) electrons. The van der Waals surface area contributed by atoms with Gasteiger partial charge in [-0.1, -0.05) is 48.9 Å². The number of hydrogen-bond acceptors (Lipinski definition) is 4. The summed E-state index contributed by atoms with van der Waals surface area (Å²) < 4.78 is 26.5. The van der Waals surface area contributed by atoms with Crippen molar-refractivity contribution in [3.63, 3.8) is 0 Å². The molecule has 0 saturated heterocycles. The van der Waals surface area contributed by atoms with Gasteiger partial charge in [-0.2, -0.15) is 0 Å². The molecular weight excluding hydrogens is 450 g/mol. The van der Waals surface area contributed by atoms with Crippen molar-refractivity contribution in [2.24, 2.45) is 0 Å². The summed E-state index contributed by atoms with van der Waals surface area (Å²) in [6, 6.07) is 12.2. The van der Waals surface area contributed by atoms with Gasteiger partial charge in [0.05, 0.1) is 11.9 Å². The molecule has 0 aliphatic heterocycles. The van der Waals surface area contributed by atoms with Crippen LogP contribution in [0.5, 0.6) is 0 Å². The zero-order chi connectivity index (χ0) is 25.6. The maximum absolute atomic E-state index is 13.6. The van der Waals surface area contributed by atoms with E-state index in [1.165, 1.54) is 4.90 Å². The Morgan fingerprint density at radius 1 is 1.00 bits per heavy atom. The van der Waals surface area contributed by atoms with Crippen LogP contribution >= 0.6 is 0 Å². The molecule has 8 heteroatoms. The van der Waals surface area contributed by atoms with E-state index >= 15 is 0 Å². The normalized spacial score (nSPS) is 13.1. The molecular formula is C26H37N3O4S. The number of anilines is 1. The third-order valence-corrected chi connectivity index (χ3v) is 7.20. The number of carbonyl (C=O) groups is 2. The van der Waals surface area contributed by atoms with E-state index in [9.17, 15) is 18.0 Å². The van der Waals surface area contributed by atoms with Crippen LogP contribution in [-0.4, -0.2) is 50.0 Å². The van der Waals surface area contributed by atoms with E-state index in [1.54, 1.807) is 13.0 Å². The van der Waals surface area contributed by atoms with Gasteiger partial charge in [0.2, 0.25) is 21.8 Å². The highest BCUT2D eigenvalue weighted by Gasteiger charge is 2.31. The van der Waals surface area contributed by atoms with Crippen LogP contribution in [0, 0.1) is 20.8 Å². The van der Waals surface area contributed by atoms with E-state index in [0.29, 0.717) is 5.69 Å². The fourth-order valence-corrected chi connectivity index (χ4v) is 4.61. The summed E-state index contributed by atoms with van der Waals surface area (Å²) in [5.74, 6) is -0.714. The highest BCUT2D eigenvalue weighted by molar-refractivity contribution is 7.92. The van der Waals surface area contributed by atoms with Gasteiger partial charge >= 0.3 is 0 Å². The molecule has 2 amide bonds. The maximum atomic E-state index is 13.6. The second-order valence-electron chi connectivity index (χ2n) is 9.00. The first-order chi connectivity index (χ1) is 15.8. The van der Waals surface area contributed by atoms with E-state index in [-0.39, 0.29) is 18.5 Å². The third kappa shape index (κ3) is 7.06. The smallest absolute Gasteiger partial charge is 0.244 e. The summed E-state index contributed by atoms with van der Waals surface area (Å²) in [5, 5.41) is 2.93. The van der Waals surface area contributed by atoms with Crippen LogP contribution in [0.15, 0.2) is 42.5 Å². The molecule has 0 aliphatic carbocycles. The molecule has 186 valence electrons. The molecule has 1 N–H and O–H groups in total. The first-order valence-electron chi connectivity index (χ1n) is 11.5. The third-order valence-electron chi connectivity index (χ3n) is 6.07. The minimum Gasteiger partial charge on any atom is -0.352 e. The van der Waals surface area contributed by atoms with E-state index in [4.69, 9.17) is 0 Å². The molecule has 2 rings (SSSR count). The molecule has 0 heterocycles. The van der Waals surface area contributed by atoms with Crippen molar-refractivity contribution in [3.05, 3.63) is 64.7 Å². The minimum absolute atomic E-state index is 0.0342. The van der Waals surface area contributed by atoms with E-state index < -0.39 is 28.5 Å². The van der Waals surface area contributed by atoms with Crippen molar-refractivity contribution in [1.82, 2.24) is 10.2 Å². The summed E-state index contributed by atoms with van der Waals surface area (Å²) in [6.45, 7) is 11.0. The van der Waals surface area contributed by atoms with Crippen LogP contribution in [-0.2, 0) is 26.2 Å². The molecule has 0 unspecified atom stereocenters. The Bertz CT molecular complexity index is 1130. The number of nitrogens with zero attached hydrogens (tertiary/aromatic N) is 2. The van der Waals surface area contributed by atoms with Gasteiger partial charge in [0.1, 0.15) is 12.6 Å². The molecule has 0 saturated carbocycles. The maximum Gasteiger partial charge on any atom is 0.244 e. The minimum atomic E-state index is -3.75. The molecule has 0 spiro atoms. The summed E-state index contributed by atoms with van der Waals surface area (Å²) in [6.07, 6.45) is 1.85. The lowest BCUT2D eigenvalue weighted by molar-refractivity contribution is -0.139. The van der Waals surface area contributed by atoms with E-state index in [1.807, 2.05) is 71.0 Å². The summed E-state index contributed by atoms with van der Waals surface area (Å²) >= 11 is 0. The lowest BCUT2D eigenvalue weighted by Gasteiger charge is -2.32. The quantitative estimate of drug-likeness (QED) is 0.554. The monoisotopic (exact) mass is 487 g/mol. The van der Waals surface area contributed by atoms with Gasteiger partial charge in [0.25, 0.3) is 0 Å². The molecule has 2 aromatic rings. The molecule has 7 nitrogen and oxygen atoms in total. The number of carbonyl (C=O) groups excluding carboxylic acids is 2.